The number of aliphatic hydroxyl groups excluding tert-OH is 1. The van der Waals surface area contributed by atoms with Crippen LogP contribution in [0, 0.1) is 5.92 Å². The van der Waals surface area contributed by atoms with Gasteiger partial charge >= 0.3 is 141 Å². The number of aliphatic imine (C=N–C) groups is 1. The van der Waals surface area contributed by atoms with Crippen molar-refractivity contribution >= 4 is 13.7 Å². The number of benzene rings is 1. The molecule has 0 aliphatic carbocycles. The van der Waals surface area contributed by atoms with Gasteiger partial charge in [0, 0.05) is 0 Å². The number of carbonyl (C=O) groups is 1. The van der Waals surface area contributed by atoms with E-state index in [1.807, 2.05) is 18.1 Å². The van der Waals surface area contributed by atoms with Crippen LogP contribution in [0.15, 0.2) is 35.0 Å². The van der Waals surface area contributed by atoms with E-state index >= 15 is 0 Å². The number of halogens is 1. The van der Waals surface area contributed by atoms with E-state index in [2.05, 4.69) is 41.5 Å². The number of allylic oxidation sites excluding steroid dienone is 1. The summed E-state index contributed by atoms with van der Waals surface area (Å²) in [7, 11) is 0. The minimum absolute atomic E-state index is 0.00445. The topological polar surface area (TPSA) is 61.7 Å². The zero-order valence-corrected chi connectivity index (χ0v) is 16.0. The van der Waals surface area contributed by atoms with E-state index in [9.17, 15) is 9.90 Å². The molecule has 0 fully saturated rings. The summed E-state index contributed by atoms with van der Waals surface area (Å²) in [5.74, 6) is -0.174. The van der Waals surface area contributed by atoms with Gasteiger partial charge in [0.25, 0.3) is 0 Å². The summed E-state index contributed by atoms with van der Waals surface area (Å²) in [5.41, 5.74) is 3.45. The molecular weight excluding hydrogens is 403 g/mol. The molecule has 23 heavy (non-hydrogen) atoms. The average molecular weight is 427 g/mol. The molecule has 1 aromatic carbocycles. The Balaban J connectivity index is 1.87. The fourth-order valence-corrected chi connectivity index (χ4v) is 4.51. The molecule has 1 heterocycles. The van der Waals surface area contributed by atoms with Crippen LogP contribution in [0.1, 0.15) is 44.7 Å². The first-order valence-electron chi connectivity index (χ1n) is 7.93. The second kappa shape index (κ2) is 8.59. The van der Waals surface area contributed by atoms with Crippen molar-refractivity contribution in [1.82, 2.24) is 5.32 Å². The molecule has 1 aliphatic rings. The number of rotatable bonds is 7. The zero-order valence-electron chi connectivity index (χ0n) is 13.8. The number of aliphatic hydroxyl groups is 1. The molecule has 1 amide bonds. The molecule has 126 valence electrons. The fraction of sp³-hybridized carbons (Fsp3) is 0.444. The minimum atomic E-state index is -0.400. The van der Waals surface area contributed by atoms with E-state index in [4.69, 9.17) is 0 Å². The van der Waals surface area contributed by atoms with Crippen molar-refractivity contribution in [2.75, 3.05) is 0 Å². The number of nitrogens with one attached hydrogen (secondary N) is 1. The SMILES string of the molecule is CC[C@H](O)CC(C)C(=O)NCc1ccc(C2=C(C)N=C[I-]2)cc1. The van der Waals surface area contributed by atoms with Crippen molar-refractivity contribution in [3.05, 3.63) is 41.1 Å². The molecule has 1 aromatic rings. The number of amides is 1. The number of hydrogen-bond acceptors (Lipinski definition) is 3. The molecule has 5 heteroatoms. The standard InChI is InChI=1S/C18H24IN2O2/c1-4-16(22)9-12(2)18(23)20-10-14-5-7-15(8-6-14)17-13(3)21-11-19-17/h5-8,11-12,16,22H,4,9-10H2,1-3H3,(H,20,23)/q-1/t12?,16-/m0/s1. The van der Waals surface area contributed by atoms with Crippen LogP contribution < -0.4 is 26.5 Å². The molecule has 0 saturated heterocycles. The molecule has 2 atom stereocenters. The summed E-state index contributed by atoms with van der Waals surface area (Å²) in [6.07, 6.45) is 0.794. The first-order chi connectivity index (χ1) is 11.0. The van der Waals surface area contributed by atoms with Gasteiger partial charge in [-0.2, -0.15) is 0 Å². The molecule has 4 nitrogen and oxygen atoms in total. The van der Waals surface area contributed by atoms with E-state index in [1.54, 1.807) is 0 Å². The Kier molecular flexibility index (Phi) is 6.77. The summed E-state index contributed by atoms with van der Waals surface area (Å²) >= 11 is -0.0964. The van der Waals surface area contributed by atoms with Gasteiger partial charge < -0.3 is 0 Å². The Hall–Kier alpha value is -1.21. The maximum absolute atomic E-state index is 12.0. The molecule has 0 spiro atoms. The summed E-state index contributed by atoms with van der Waals surface area (Å²) in [4.78, 5) is 16.4. The molecule has 1 aliphatic heterocycles. The first kappa shape index (κ1) is 18.1. The normalized spacial score (nSPS) is 16.9. The molecule has 0 bridgehead atoms. The molecule has 1 unspecified atom stereocenters. The number of nitrogens with zero attached hydrogens (tertiary/aromatic N) is 1. The summed E-state index contributed by atoms with van der Waals surface area (Å²) in [6, 6.07) is 8.34. The molecule has 0 saturated carbocycles. The molecule has 2 N–H and O–H groups in total. The van der Waals surface area contributed by atoms with Crippen LogP contribution in [0.25, 0.3) is 3.58 Å². The second-order valence-electron chi connectivity index (χ2n) is 5.85. The monoisotopic (exact) mass is 427 g/mol. The van der Waals surface area contributed by atoms with Crippen molar-refractivity contribution in [2.24, 2.45) is 10.9 Å². The van der Waals surface area contributed by atoms with Gasteiger partial charge in [0.1, 0.15) is 0 Å². The molecule has 0 aromatic heterocycles. The van der Waals surface area contributed by atoms with Gasteiger partial charge in [-0.25, -0.2) is 0 Å². The van der Waals surface area contributed by atoms with Gasteiger partial charge in [-0.1, -0.05) is 6.92 Å². The Bertz CT molecular complexity index is 608. The zero-order chi connectivity index (χ0) is 16.8. The Morgan fingerprint density at radius 1 is 1.35 bits per heavy atom. The van der Waals surface area contributed by atoms with Crippen molar-refractivity contribution in [3.8, 4) is 0 Å². The molecule has 2 rings (SSSR count). The van der Waals surface area contributed by atoms with E-state index in [1.165, 1.54) is 9.14 Å². The third-order valence-electron chi connectivity index (χ3n) is 3.94. The average Bonchev–Trinajstić information content (AvgIpc) is 2.98. The van der Waals surface area contributed by atoms with Gasteiger partial charge in [-0.15, -0.1) is 0 Å². The third kappa shape index (κ3) is 5.14. The van der Waals surface area contributed by atoms with Crippen LogP contribution in [0.2, 0.25) is 0 Å². The van der Waals surface area contributed by atoms with Gasteiger partial charge in [-0.05, 0) is 0 Å². The van der Waals surface area contributed by atoms with E-state index in [0.29, 0.717) is 19.4 Å². The quantitative estimate of drug-likeness (QED) is 0.599. The molecule has 0 radical (unpaired) electrons. The van der Waals surface area contributed by atoms with Crippen LogP contribution >= 0.6 is 0 Å². The van der Waals surface area contributed by atoms with Crippen LogP contribution in [0.5, 0.6) is 0 Å². The van der Waals surface area contributed by atoms with Crippen LogP contribution in [0.3, 0.4) is 0 Å². The van der Waals surface area contributed by atoms with E-state index in [-0.39, 0.29) is 33.0 Å². The van der Waals surface area contributed by atoms with E-state index < -0.39 is 6.10 Å². The first-order valence-corrected chi connectivity index (χ1v) is 10.3. The van der Waals surface area contributed by atoms with Gasteiger partial charge in [-0.3, -0.25) is 0 Å². The molecular formula is C18H24IN2O2-. The maximum atomic E-state index is 12.0. The second-order valence-corrected chi connectivity index (χ2v) is 8.11. The van der Waals surface area contributed by atoms with Crippen molar-refractivity contribution < 1.29 is 31.1 Å². The Labute approximate surface area is 148 Å². The van der Waals surface area contributed by atoms with Crippen molar-refractivity contribution in [1.29, 1.82) is 0 Å². The summed E-state index contributed by atoms with van der Waals surface area (Å²) < 4.78 is 3.42. The van der Waals surface area contributed by atoms with Crippen LogP contribution in [-0.4, -0.2) is 21.3 Å². The fourth-order valence-electron chi connectivity index (χ4n) is 2.37. The summed E-state index contributed by atoms with van der Waals surface area (Å²) in [6.45, 7) is 6.36. The van der Waals surface area contributed by atoms with Crippen LogP contribution in [-0.2, 0) is 11.3 Å². The third-order valence-corrected chi connectivity index (χ3v) is 6.52. The van der Waals surface area contributed by atoms with E-state index in [0.717, 1.165) is 11.3 Å². The van der Waals surface area contributed by atoms with Crippen molar-refractivity contribution in [2.45, 2.75) is 46.3 Å². The van der Waals surface area contributed by atoms with Gasteiger partial charge in [0.05, 0.1) is 0 Å². The predicted molar refractivity (Wildman–Crippen MR) is 89.5 cm³/mol. The van der Waals surface area contributed by atoms with Gasteiger partial charge in [0.2, 0.25) is 0 Å². The Morgan fingerprint density at radius 2 is 2.04 bits per heavy atom. The number of hydrogen-bond donors (Lipinski definition) is 2. The number of carbonyl (C=O) groups excluding carboxylic acids is 1. The van der Waals surface area contributed by atoms with Crippen molar-refractivity contribution in [3.63, 3.8) is 0 Å². The van der Waals surface area contributed by atoms with Crippen LogP contribution in [0.4, 0.5) is 0 Å². The van der Waals surface area contributed by atoms with Gasteiger partial charge in [0.15, 0.2) is 0 Å². The summed E-state index contributed by atoms with van der Waals surface area (Å²) in [5, 5.41) is 12.6. The predicted octanol–water partition coefficient (Wildman–Crippen LogP) is -0.0807. The Morgan fingerprint density at radius 3 is 2.61 bits per heavy atom.